The summed E-state index contributed by atoms with van der Waals surface area (Å²) in [5.74, 6) is -0.0925. The lowest BCUT2D eigenvalue weighted by molar-refractivity contribution is 0.0599. The summed E-state index contributed by atoms with van der Waals surface area (Å²) in [6, 6.07) is 7.17. The van der Waals surface area contributed by atoms with Crippen LogP contribution in [0.3, 0.4) is 0 Å². The smallest absolute Gasteiger partial charge is 0.277 e. The number of morpholine rings is 1. The molecular weight excluding hydrogens is 474 g/mol. The van der Waals surface area contributed by atoms with Crippen LogP contribution in [0.25, 0.3) is 11.5 Å². The molecule has 1 saturated heterocycles. The highest BCUT2D eigenvalue weighted by molar-refractivity contribution is 6.05. The monoisotopic (exact) mass is 507 g/mol. The lowest BCUT2D eigenvalue weighted by atomic mass is 10.0. The van der Waals surface area contributed by atoms with Gasteiger partial charge in [0.1, 0.15) is 12.5 Å². The summed E-state index contributed by atoms with van der Waals surface area (Å²) in [4.78, 5) is 37.7. The lowest BCUT2D eigenvalue weighted by Gasteiger charge is -2.31. The van der Waals surface area contributed by atoms with E-state index in [9.17, 15) is 14.7 Å². The Hall–Kier alpha value is -3.60. The number of nitrogens with zero attached hydrogens (tertiary/aromatic N) is 4. The Balaban J connectivity index is 1.61. The molecule has 1 amide bonds. The van der Waals surface area contributed by atoms with Crippen molar-refractivity contribution in [1.82, 2.24) is 14.9 Å². The number of aromatic nitrogens is 2. The highest BCUT2D eigenvalue weighted by atomic mass is 16.5. The number of amides is 1. The number of hydrogen-bond acceptors (Lipinski definition) is 9. The summed E-state index contributed by atoms with van der Waals surface area (Å²) in [6.07, 6.45) is 6.00. The molecule has 37 heavy (non-hydrogen) atoms. The second-order valence-electron chi connectivity index (χ2n) is 9.81. The minimum atomic E-state index is -0.784. The van der Waals surface area contributed by atoms with Gasteiger partial charge in [0, 0.05) is 49.7 Å². The van der Waals surface area contributed by atoms with Crippen LogP contribution in [0.1, 0.15) is 46.7 Å². The van der Waals surface area contributed by atoms with Gasteiger partial charge in [-0.1, -0.05) is 0 Å². The van der Waals surface area contributed by atoms with Crippen molar-refractivity contribution in [2.75, 3.05) is 50.1 Å². The number of aldehydes is 1. The molecule has 10 nitrogen and oxygen atoms in total. The van der Waals surface area contributed by atoms with Gasteiger partial charge in [-0.25, -0.2) is 4.98 Å². The van der Waals surface area contributed by atoms with Gasteiger partial charge < -0.3 is 29.4 Å². The maximum atomic E-state index is 13.2. The number of aliphatic hydroxyl groups is 1. The van der Waals surface area contributed by atoms with Gasteiger partial charge in [-0.3, -0.25) is 14.6 Å². The van der Waals surface area contributed by atoms with Gasteiger partial charge in [-0.2, -0.15) is 0 Å². The van der Waals surface area contributed by atoms with E-state index in [4.69, 9.17) is 9.15 Å². The molecule has 2 N–H and O–H groups in total. The van der Waals surface area contributed by atoms with Crippen molar-refractivity contribution in [3.8, 4) is 11.5 Å². The van der Waals surface area contributed by atoms with Crippen LogP contribution in [0.4, 0.5) is 11.4 Å². The molecule has 1 aromatic carbocycles. The van der Waals surface area contributed by atoms with Gasteiger partial charge in [0.05, 0.1) is 30.2 Å². The zero-order valence-electron chi connectivity index (χ0n) is 21.4. The van der Waals surface area contributed by atoms with Crippen molar-refractivity contribution in [1.29, 1.82) is 0 Å². The van der Waals surface area contributed by atoms with E-state index in [0.717, 1.165) is 23.1 Å². The second kappa shape index (κ2) is 11.6. The van der Waals surface area contributed by atoms with E-state index in [0.29, 0.717) is 63.0 Å². The van der Waals surface area contributed by atoms with E-state index in [1.165, 1.54) is 6.26 Å². The third-order valence-electron chi connectivity index (χ3n) is 6.19. The van der Waals surface area contributed by atoms with Crippen molar-refractivity contribution in [3.63, 3.8) is 0 Å². The molecule has 0 unspecified atom stereocenters. The van der Waals surface area contributed by atoms with Crippen molar-refractivity contribution in [2.45, 2.75) is 32.4 Å². The molecule has 3 heterocycles. The minimum Gasteiger partial charge on any atom is -0.444 e. The number of carbonyl (C=O) groups is 2. The Kier molecular flexibility index (Phi) is 8.32. The predicted molar refractivity (Wildman–Crippen MR) is 140 cm³/mol. The van der Waals surface area contributed by atoms with E-state index in [-0.39, 0.29) is 5.69 Å². The fourth-order valence-corrected chi connectivity index (χ4v) is 4.09. The van der Waals surface area contributed by atoms with Gasteiger partial charge in [-0.05, 0) is 57.1 Å². The summed E-state index contributed by atoms with van der Waals surface area (Å²) < 4.78 is 11.0. The zero-order valence-corrected chi connectivity index (χ0v) is 21.4. The van der Waals surface area contributed by atoms with Crippen molar-refractivity contribution in [2.24, 2.45) is 0 Å². The quantitative estimate of drug-likeness (QED) is 0.398. The molecule has 4 rings (SSSR count). The first kappa shape index (κ1) is 26.5. The Labute approximate surface area is 216 Å². The number of carbonyl (C=O) groups excluding carboxylic acids is 2. The van der Waals surface area contributed by atoms with Gasteiger partial charge in [0.2, 0.25) is 5.89 Å². The van der Waals surface area contributed by atoms with E-state index in [1.54, 1.807) is 38.4 Å². The molecule has 0 atom stereocenters. The van der Waals surface area contributed by atoms with E-state index >= 15 is 0 Å². The lowest BCUT2D eigenvalue weighted by Crippen LogP contribution is -2.37. The van der Waals surface area contributed by atoms with E-state index < -0.39 is 11.5 Å². The van der Waals surface area contributed by atoms with Crippen LogP contribution in [-0.4, -0.2) is 77.7 Å². The normalized spacial score (nSPS) is 14.1. The van der Waals surface area contributed by atoms with Crippen molar-refractivity contribution in [3.05, 3.63) is 59.7 Å². The highest BCUT2D eigenvalue weighted by Crippen LogP contribution is 2.31. The number of benzene rings is 1. The molecule has 0 saturated carbocycles. The SMILES string of the molecule is CN(CCC(C)(C)O)Cc1cc(NC(=O)c2coc(-c3ccncc3)n2)c(N2CCOCC2)cc1C=O. The van der Waals surface area contributed by atoms with E-state index in [2.05, 4.69) is 20.2 Å². The fraction of sp³-hybridized carbons (Fsp3) is 0.407. The molecule has 2 aromatic heterocycles. The maximum absolute atomic E-state index is 13.2. The number of hydrogen-bond donors (Lipinski definition) is 2. The molecular formula is C27H33N5O5. The standard InChI is InChI=1S/C27H33N5O5/c1-27(2,35)6-9-31(3)16-20-14-22(24(15-21(20)17-33)32-10-12-36-13-11-32)29-25(34)23-18-37-26(30-23)19-4-7-28-8-5-19/h4-5,7-8,14-15,17-18,35H,6,9-13,16H2,1-3H3,(H,29,34). The molecule has 3 aromatic rings. The first-order valence-electron chi connectivity index (χ1n) is 12.3. The summed E-state index contributed by atoms with van der Waals surface area (Å²) in [6.45, 7) is 7.06. The molecule has 1 fully saturated rings. The Morgan fingerprint density at radius 1 is 1.24 bits per heavy atom. The molecule has 1 aliphatic heterocycles. The molecule has 10 heteroatoms. The molecule has 0 radical (unpaired) electrons. The van der Waals surface area contributed by atoms with Gasteiger partial charge in [0.25, 0.3) is 5.91 Å². The number of nitrogens with one attached hydrogen (secondary N) is 1. The van der Waals surface area contributed by atoms with Crippen LogP contribution in [0.15, 0.2) is 47.3 Å². The molecule has 0 bridgehead atoms. The number of anilines is 2. The average molecular weight is 508 g/mol. The molecule has 1 aliphatic rings. The van der Waals surface area contributed by atoms with Crippen LogP contribution in [0, 0.1) is 0 Å². The highest BCUT2D eigenvalue weighted by Gasteiger charge is 2.22. The minimum absolute atomic E-state index is 0.142. The zero-order chi connectivity index (χ0) is 26.4. The van der Waals surface area contributed by atoms with Crippen molar-refractivity contribution >= 4 is 23.6 Å². The van der Waals surface area contributed by atoms with E-state index in [1.807, 2.05) is 24.1 Å². The first-order chi connectivity index (χ1) is 17.7. The second-order valence-corrected chi connectivity index (χ2v) is 9.81. The van der Waals surface area contributed by atoms with Crippen LogP contribution in [0.2, 0.25) is 0 Å². The number of pyridine rings is 1. The predicted octanol–water partition coefficient (Wildman–Crippen LogP) is 3.23. The number of oxazole rings is 1. The Morgan fingerprint density at radius 2 is 1.97 bits per heavy atom. The number of ether oxygens (including phenoxy) is 1. The van der Waals surface area contributed by atoms with Crippen LogP contribution < -0.4 is 10.2 Å². The Bertz CT molecular complexity index is 1220. The fourth-order valence-electron chi connectivity index (χ4n) is 4.09. The summed E-state index contributed by atoms with van der Waals surface area (Å²) in [5, 5.41) is 13.1. The third-order valence-corrected chi connectivity index (χ3v) is 6.19. The number of rotatable bonds is 10. The molecule has 0 aliphatic carbocycles. The summed E-state index contributed by atoms with van der Waals surface area (Å²) in [7, 11) is 1.94. The van der Waals surface area contributed by atoms with Crippen molar-refractivity contribution < 1.29 is 23.8 Å². The van der Waals surface area contributed by atoms with Gasteiger partial charge >= 0.3 is 0 Å². The van der Waals surface area contributed by atoms with Crippen LogP contribution in [-0.2, 0) is 11.3 Å². The average Bonchev–Trinajstić information content (AvgIpc) is 3.39. The van der Waals surface area contributed by atoms with Crippen LogP contribution >= 0.6 is 0 Å². The largest absolute Gasteiger partial charge is 0.444 e. The molecule has 196 valence electrons. The summed E-state index contributed by atoms with van der Waals surface area (Å²) >= 11 is 0. The molecule has 0 spiro atoms. The van der Waals surface area contributed by atoms with Gasteiger partial charge in [-0.15, -0.1) is 0 Å². The summed E-state index contributed by atoms with van der Waals surface area (Å²) in [5.41, 5.74) is 2.73. The Morgan fingerprint density at radius 3 is 2.65 bits per heavy atom. The maximum Gasteiger partial charge on any atom is 0.277 e. The van der Waals surface area contributed by atoms with Gasteiger partial charge in [0.15, 0.2) is 5.69 Å². The first-order valence-corrected chi connectivity index (χ1v) is 12.3. The van der Waals surface area contributed by atoms with Crippen LogP contribution in [0.5, 0.6) is 0 Å². The third kappa shape index (κ3) is 7.00. The topological polar surface area (TPSA) is 121 Å².